The summed E-state index contributed by atoms with van der Waals surface area (Å²) in [5.41, 5.74) is 0. The average Bonchev–Trinajstić information content (AvgIpc) is 2.86. The Labute approximate surface area is 116 Å². The van der Waals surface area contributed by atoms with Crippen LogP contribution < -0.4 is 10.2 Å². The van der Waals surface area contributed by atoms with Gasteiger partial charge in [-0.25, -0.2) is 9.97 Å². The van der Waals surface area contributed by atoms with Gasteiger partial charge in [0.2, 0.25) is 5.82 Å². The zero-order valence-electron chi connectivity index (χ0n) is 11.7. The number of nitrogens with zero attached hydrogens (tertiary/aromatic N) is 3. The summed E-state index contributed by atoms with van der Waals surface area (Å²) in [6, 6.07) is 1.57. The zero-order valence-corrected chi connectivity index (χ0v) is 11.7. The third-order valence-electron chi connectivity index (χ3n) is 3.53. The van der Waals surface area contributed by atoms with Crippen molar-refractivity contribution in [1.82, 2.24) is 9.97 Å². The number of halogens is 3. The molecule has 1 fully saturated rings. The summed E-state index contributed by atoms with van der Waals surface area (Å²) >= 11 is 0. The molecule has 0 aliphatic carbocycles. The Bertz CT molecular complexity index is 461. The molecule has 0 spiro atoms. The van der Waals surface area contributed by atoms with E-state index in [4.69, 9.17) is 0 Å². The van der Waals surface area contributed by atoms with Gasteiger partial charge in [-0.2, -0.15) is 13.2 Å². The van der Waals surface area contributed by atoms with Gasteiger partial charge in [0.1, 0.15) is 11.6 Å². The fourth-order valence-corrected chi connectivity index (χ4v) is 2.54. The van der Waals surface area contributed by atoms with Crippen LogP contribution in [0.5, 0.6) is 0 Å². The van der Waals surface area contributed by atoms with Crippen molar-refractivity contribution in [2.75, 3.05) is 30.4 Å². The second-order valence-corrected chi connectivity index (χ2v) is 5.07. The minimum Gasteiger partial charge on any atom is -0.373 e. The zero-order chi connectivity index (χ0) is 14.8. The number of anilines is 2. The van der Waals surface area contributed by atoms with Gasteiger partial charge in [-0.3, -0.25) is 0 Å². The summed E-state index contributed by atoms with van der Waals surface area (Å²) in [6.07, 6.45) is -1.32. The van der Waals surface area contributed by atoms with E-state index in [-0.39, 0.29) is 5.82 Å². The molecule has 1 aromatic rings. The molecule has 1 aliphatic heterocycles. The third kappa shape index (κ3) is 3.32. The Morgan fingerprint density at radius 2 is 2.15 bits per heavy atom. The standard InChI is InChI=1S/C13H19F3N4/c1-3-4-9-5-6-20(8-9)11-7-10(17-2)18-12(19-11)13(14,15)16/h7,9H,3-6,8H2,1-2H3,(H,17,18,19). The summed E-state index contributed by atoms with van der Waals surface area (Å²) < 4.78 is 38.4. The lowest BCUT2D eigenvalue weighted by atomic mass is 10.0. The lowest BCUT2D eigenvalue weighted by Crippen LogP contribution is -2.23. The van der Waals surface area contributed by atoms with E-state index in [2.05, 4.69) is 22.2 Å². The fourth-order valence-electron chi connectivity index (χ4n) is 2.54. The van der Waals surface area contributed by atoms with Crippen molar-refractivity contribution in [3.05, 3.63) is 11.9 Å². The molecule has 1 atom stereocenters. The Kier molecular flexibility index (Phi) is 4.35. The van der Waals surface area contributed by atoms with Crippen LogP contribution in [0, 0.1) is 5.92 Å². The van der Waals surface area contributed by atoms with Crippen molar-refractivity contribution < 1.29 is 13.2 Å². The van der Waals surface area contributed by atoms with Crippen LogP contribution >= 0.6 is 0 Å². The highest BCUT2D eigenvalue weighted by Crippen LogP contribution is 2.31. The molecule has 2 heterocycles. The number of nitrogens with one attached hydrogen (secondary N) is 1. The van der Waals surface area contributed by atoms with Gasteiger partial charge < -0.3 is 10.2 Å². The fraction of sp³-hybridized carbons (Fsp3) is 0.692. The summed E-state index contributed by atoms with van der Waals surface area (Å²) in [4.78, 5) is 9.07. The van der Waals surface area contributed by atoms with Gasteiger partial charge in [0, 0.05) is 26.2 Å². The molecule has 0 saturated carbocycles. The van der Waals surface area contributed by atoms with Crippen LogP contribution in [0.1, 0.15) is 32.0 Å². The first-order valence-corrected chi connectivity index (χ1v) is 6.83. The van der Waals surface area contributed by atoms with Gasteiger partial charge in [-0.15, -0.1) is 0 Å². The average molecular weight is 288 g/mol. The predicted molar refractivity (Wildman–Crippen MR) is 71.8 cm³/mol. The first kappa shape index (κ1) is 14.9. The van der Waals surface area contributed by atoms with Crippen molar-refractivity contribution in [2.45, 2.75) is 32.4 Å². The first-order valence-electron chi connectivity index (χ1n) is 6.83. The SMILES string of the molecule is CCCC1CCN(c2cc(NC)nc(C(F)(F)F)n2)C1. The molecule has 0 radical (unpaired) electrons. The van der Waals surface area contributed by atoms with Gasteiger partial charge in [-0.05, 0) is 18.8 Å². The monoisotopic (exact) mass is 288 g/mol. The Morgan fingerprint density at radius 3 is 2.75 bits per heavy atom. The number of alkyl halides is 3. The van der Waals surface area contributed by atoms with Crippen molar-refractivity contribution >= 4 is 11.6 Å². The molecule has 1 unspecified atom stereocenters. The molecule has 7 heteroatoms. The summed E-state index contributed by atoms with van der Waals surface area (Å²) in [5, 5.41) is 2.66. The highest BCUT2D eigenvalue weighted by molar-refractivity contribution is 5.50. The molecule has 112 valence electrons. The second kappa shape index (κ2) is 5.85. The minimum absolute atomic E-state index is 0.196. The Balaban J connectivity index is 2.23. The van der Waals surface area contributed by atoms with E-state index in [0.717, 1.165) is 32.4 Å². The summed E-state index contributed by atoms with van der Waals surface area (Å²) in [6.45, 7) is 3.64. The van der Waals surface area contributed by atoms with E-state index in [0.29, 0.717) is 11.7 Å². The molecule has 1 N–H and O–H groups in total. The maximum Gasteiger partial charge on any atom is 0.451 e. The van der Waals surface area contributed by atoms with Crippen LogP contribution in [0.15, 0.2) is 6.07 Å². The molecule has 1 saturated heterocycles. The maximum atomic E-state index is 12.8. The number of hydrogen-bond donors (Lipinski definition) is 1. The van der Waals surface area contributed by atoms with E-state index in [1.807, 2.05) is 4.90 Å². The lowest BCUT2D eigenvalue weighted by molar-refractivity contribution is -0.144. The van der Waals surface area contributed by atoms with Gasteiger partial charge in [0.25, 0.3) is 0 Å². The number of rotatable bonds is 4. The maximum absolute atomic E-state index is 12.8. The van der Waals surface area contributed by atoms with Crippen LogP contribution in [-0.4, -0.2) is 30.1 Å². The minimum atomic E-state index is -4.52. The molecule has 20 heavy (non-hydrogen) atoms. The third-order valence-corrected chi connectivity index (χ3v) is 3.53. The van der Waals surface area contributed by atoms with Crippen molar-refractivity contribution in [2.24, 2.45) is 5.92 Å². The summed E-state index contributed by atoms with van der Waals surface area (Å²) in [5.74, 6) is 0.0113. The molecule has 1 aliphatic rings. The van der Waals surface area contributed by atoms with E-state index < -0.39 is 12.0 Å². The van der Waals surface area contributed by atoms with Gasteiger partial charge in [-0.1, -0.05) is 13.3 Å². The van der Waals surface area contributed by atoms with E-state index >= 15 is 0 Å². The van der Waals surface area contributed by atoms with Crippen LogP contribution in [0.3, 0.4) is 0 Å². The molecule has 2 rings (SSSR count). The van der Waals surface area contributed by atoms with Crippen LogP contribution in [0.2, 0.25) is 0 Å². The largest absolute Gasteiger partial charge is 0.451 e. The smallest absolute Gasteiger partial charge is 0.373 e. The lowest BCUT2D eigenvalue weighted by Gasteiger charge is -2.19. The summed E-state index contributed by atoms with van der Waals surface area (Å²) in [7, 11) is 1.55. The quantitative estimate of drug-likeness (QED) is 0.924. The predicted octanol–water partition coefficient (Wildman–Crippen LogP) is 3.16. The van der Waals surface area contributed by atoms with Crippen LogP contribution in [0.25, 0.3) is 0 Å². The molecule has 0 bridgehead atoms. The topological polar surface area (TPSA) is 41.0 Å². The number of hydrogen-bond acceptors (Lipinski definition) is 4. The van der Waals surface area contributed by atoms with E-state index in [1.165, 1.54) is 0 Å². The normalized spacial score (nSPS) is 19.4. The Morgan fingerprint density at radius 1 is 1.40 bits per heavy atom. The van der Waals surface area contributed by atoms with E-state index in [9.17, 15) is 13.2 Å². The second-order valence-electron chi connectivity index (χ2n) is 5.07. The van der Waals surface area contributed by atoms with Gasteiger partial charge in [0.15, 0.2) is 0 Å². The van der Waals surface area contributed by atoms with E-state index in [1.54, 1.807) is 13.1 Å². The molecule has 0 aromatic carbocycles. The van der Waals surface area contributed by atoms with Crippen molar-refractivity contribution in [1.29, 1.82) is 0 Å². The molecular formula is C13H19F3N4. The van der Waals surface area contributed by atoms with Gasteiger partial charge in [0.05, 0.1) is 0 Å². The highest BCUT2D eigenvalue weighted by atomic mass is 19.4. The Hall–Kier alpha value is -1.53. The van der Waals surface area contributed by atoms with Crippen LogP contribution in [0.4, 0.5) is 24.8 Å². The number of aromatic nitrogens is 2. The first-order chi connectivity index (χ1) is 9.44. The molecule has 0 amide bonds. The highest BCUT2D eigenvalue weighted by Gasteiger charge is 2.36. The van der Waals surface area contributed by atoms with Crippen molar-refractivity contribution in [3.63, 3.8) is 0 Å². The van der Waals surface area contributed by atoms with Crippen LogP contribution in [-0.2, 0) is 6.18 Å². The molecule has 4 nitrogen and oxygen atoms in total. The van der Waals surface area contributed by atoms with Gasteiger partial charge >= 0.3 is 6.18 Å². The molecular weight excluding hydrogens is 269 g/mol. The van der Waals surface area contributed by atoms with Crippen molar-refractivity contribution in [3.8, 4) is 0 Å². The molecule has 1 aromatic heterocycles.